The average Bonchev–Trinajstić information content (AvgIpc) is 2.82. The van der Waals surface area contributed by atoms with Crippen molar-refractivity contribution < 1.29 is 79.5 Å². The molecule has 0 aliphatic carbocycles. The van der Waals surface area contributed by atoms with Crippen molar-refractivity contribution in [2.45, 2.75) is 51.3 Å². The number of hydrogen-bond acceptors (Lipinski definition) is 13. The highest BCUT2D eigenvalue weighted by molar-refractivity contribution is 5.96. The fourth-order valence-corrected chi connectivity index (χ4v) is 3.17. The third kappa shape index (κ3) is 10.1. The maximum absolute atomic E-state index is 13.8. The zero-order valence-electron chi connectivity index (χ0n) is 20.6. The molecule has 1 unspecified atom stereocenters. The van der Waals surface area contributed by atoms with E-state index in [0.29, 0.717) is 12.1 Å². The highest BCUT2D eigenvalue weighted by atomic mass is 19.4. The monoisotopic (exact) mass is 608 g/mol. The smallest absolute Gasteiger partial charge is 0.475 e. The van der Waals surface area contributed by atoms with Gasteiger partial charge in [0.1, 0.15) is 24.7 Å². The summed E-state index contributed by atoms with van der Waals surface area (Å²) in [6.45, 7) is 0.143. The van der Waals surface area contributed by atoms with Crippen LogP contribution in [0.2, 0.25) is 0 Å². The van der Waals surface area contributed by atoms with Gasteiger partial charge in [0.25, 0.3) is 10.2 Å². The number of benzene rings is 1. The second kappa shape index (κ2) is 13.1. The molecule has 1 aromatic rings. The van der Waals surface area contributed by atoms with Crippen molar-refractivity contribution in [3.8, 4) is 11.5 Å². The number of carbonyl (C=O) groups is 2. The number of ether oxygens (including phenoxy) is 5. The number of carbonyl (C=O) groups excluding carboxylic acids is 2. The number of rotatable bonds is 12. The number of alkyl halides is 6. The van der Waals surface area contributed by atoms with Crippen molar-refractivity contribution >= 4 is 18.2 Å². The van der Waals surface area contributed by atoms with Crippen molar-refractivity contribution in [2.24, 2.45) is 0 Å². The van der Waals surface area contributed by atoms with Gasteiger partial charge >= 0.3 is 24.7 Å². The van der Waals surface area contributed by atoms with Crippen LogP contribution in [0.4, 0.5) is 31.1 Å². The largest absolute Gasteiger partial charge is 0.573 e. The van der Waals surface area contributed by atoms with Crippen LogP contribution in [0.5, 0.6) is 11.5 Å². The van der Waals surface area contributed by atoms with Crippen molar-refractivity contribution in [3.05, 3.63) is 49.1 Å². The first-order valence-electron chi connectivity index (χ1n) is 10.9. The molecule has 1 aliphatic rings. The standard InChI is InChI=1S/C20H18F6N2O13/c1-3-10-4-12(41-20(24,25)26)5-11-6-14(16(19(21,22)23)40-15(10)11)17(29)37-9(2)38-18(30)39-13(7-35-27(31)32)8-36-28(33)34/h4-6,9,13,16H,3,7-8H2,1-2H3/t9?,16-/m0/s1. The molecule has 228 valence electrons. The van der Waals surface area contributed by atoms with E-state index in [1.165, 1.54) is 6.92 Å². The van der Waals surface area contributed by atoms with Gasteiger partial charge < -0.3 is 33.4 Å². The molecule has 2 atom stereocenters. The molecule has 2 rings (SSSR count). The van der Waals surface area contributed by atoms with E-state index in [0.717, 1.165) is 13.0 Å². The quantitative estimate of drug-likeness (QED) is 0.110. The van der Waals surface area contributed by atoms with Gasteiger partial charge in [-0.25, -0.2) is 9.59 Å². The van der Waals surface area contributed by atoms with Gasteiger partial charge in [-0.2, -0.15) is 13.2 Å². The molecule has 0 N–H and O–H groups in total. The van der Waals surface area contributed by atoms with Crippen molar-refractivity contribution in [1.82, 2.24) is 0 Å². The Balaban J connectivity index is 2.24. The summed E-state index contributed by atoms with van der Waals surface area (Å²) in [6, 6.07) is 1.50. The topological polar surface area (TPSA) is 185 Å². The van der Waals surface area contributed by atoms with Gasteiger partial charge in [-0.05, 0) is 30.2 Å². The number of esters is 1. The van der Waals surface area contributed by atoms with Crippen molar-refractivity contribution in [1.29, 1.82) is 0 Å². The molecule has 15 nitrogen and oxygen atoms in total. The summed E-state index contributed by atoms with van der Waals surface area (Å²) in [4.78, 5) is 52.9. The summed E-state index contributed by atoms with van der Waals surface area (Å²) in [5, 5.41) is 17.9. The first-order chi connectivity index (χ1) is 18.9. The molecule has 0 bridgehead atoms. The molecule has 0 fully saturated rings. The van der Waals surface area contributed by atoms with Gasteiger partial charge in [-0.3, -0.25) is 0 Å². The fourth-order valence-electron chi connectivity index (χ4n) is 3.17. The highest BCUT2D eigenvalue weighted by Gasteiger charge is 2.49. The van der Waals surface area contributed by atoms with Gasteiger partial charge in [-0.1, -0.05) is 6.92 Å². The summed E-state index contributed by atoms with van der Waals surface area (Å²) in [6.07, 6.45) is -18.4. The first kappa shape index (κ1) is 32.5. The summed E-state index contributed by atoms with van der Waals surface area (Å²) in [5.41, 5.74) is -1.73. The Bertz CT molecular complexity index is 1170. The van der Waals surface area contributed by atoms with Crippen LogP contribution in [0.25, 0.3) is 6.08 Å². The normalized spacial score (nSPS) is 15.4. The van der Waals surface area contributed by atoms with E-state index in [1.54, 1.807) is 0 Å². The molecule has 0 amide bonds. The third-order valence-electron chi connectivity index (χ3n) is 4.67. The van der Waals surface area contributed by atoms with E-state index in [2.05, 4.69) is 28.6 Å². The van der Waals surface area contributed by atoms with Crippen LogP contribution >= 0.6 is 0 Å². The Morgan fingerprint density at radius 2 is 1.59 bits per heavy atom. The van der Waals surface area contributed by atoms with Gasteiger partial charge in [-0.15, -0.1) is 33.4 Å². The van der Waals surface area contributed by atoms with Gasteiger partial charge in [0.2, 0.25) is 12.4 Å². The van der Waals surface area contributed by atoms with E-state index < -0.39 is 83.6 Å². The Morgan fingerprint density at radius 1 is 1.00 bits per heavy atom. The van der Waals surface area contributed by atoms with Crippen LogP contribution < -0.4 is 9.47 Å². The summed E-state index contributed by atoms with van der Waals surface area (Å²) < 4.78 is 102. The average molecular weight is 608 g/mol. The Morgan fingerprint density at radius 3 is 2.07 bits per heavy atom. The van der Waals surface area contributed by atoms with E-state index in [4.69, 9.17) is 4.74 Å². The van der Waals surface area contributed by atoms with Crippen molar-refractivity contribution in [3.63, 3.8) is 0 Å². The molecule has 41 heavy (non-hydrogen) atoms. The highest BCUT2D eigenvalue weighted by Crippen LogP contribution is 2.42. The van der Waals surface area contributed by atoms with Crippen LogP contribution in [0, 0.1) is 20.2 Å². The van der Waals surface area contributed by atoms with Crippen LogP contribution in [-0.4, -0.2) is 66.5 Å². The lowest BCUT2D eigenvalue weighted by atomic mass is 9.97. The lowest BCUT2D eigenvalue weighted by Gasteiger charge is -2.30. The maximum atomic E-state index is 13.8. The number of halogens is 6. The number of nitrogens with zero attached hydrogens (tertiary/aromatic N) is 2. The Kier molecular flexibility index (Phi) is 10.4. The lowest BCUT2D eigenvalue weighted by molar-refractivity contribution is -0.768. The second-order valence-corrected chi connectivity index (χ2v) is 7.66. The van der Waals surface area contributed by atoms with Gasteiger partial charge in [0.15, 0.2) is 6.10 Å². The van der Waals surface area contributed by atoms with E-state index in [9.17, 15) is 56.2 Å². The zero-order chi connectivity index (χ0) is 31.1. The minimum absolute atomic E-state index is 0.0804. The molecule has 1 heterocycles. The summed E-state index contributed by atoms with van der Waals surface area (Å²) in [7, 11) is 0. The minimum Gasteiger partial charge on any atom is -0.475 e. The van der Waals surface area contributed by atoms with E-state index in [-0.39, 0.29) is 17.5 Å². The van der Waals surface area contributed by atoms with Gasteiger partial charge in [0.05, 0.1) is 5.57 Å². The molecule has 0 aromatic heterocycles. The summed E-state index contributed by atoms with van der Waals surface area (Å²) in [5.74, 6) is -3.04. The van der Waals surface area contributed by atoms with Crippen LogP contribution in [0.3, 0.4) is 0 Å². The maximum Gasteiger partial charge on any atom is 0.573 e. The summed E-state index contributed by atoms with van der Waals surface area (Å²) >= 11 is 0. The molecule has 1 aliphatic heterocycles. The second-order valence-electron chi connectivity index (χ2n) is 7.66. The lowest BCUT2D eigenvalue weighted by Crippen LogP contribution is -2.42. The minimum atomic E-state index is -5.22. The number of aryl methyl sites for hydroxylation is 1. The number of fused-ring (bicyclic) bond motifs is 1. The fraction of sp³-hybridized carbons (Fsp3) is 0.500. The van der Waals surface area contributed by atoms with Crippen molar-refractivity contribution in [2.75, 3.05) is 13.2 Å². The van der Waals surface area contributed by atoms with Crippen LogP contribution in [-0.2, 0) is 35.1 Å². The van der Waals surface area contributed by atoms with Crippen LogP contribution in [0.1, 0.15) is 25.0 Å². The third-order valence-corrected chi connectivity index (χ3v) is 4.67. The predicted molar refractivity (Wildman–Crippen MR) is 114 cm³/mol. The molecule has 1 aromatic carbocycles. The Hall–Kier alpha value is -4.72. The molecule has 0 saturated heterocycles. The SMILES string of the molecule is CCc1cc(OC(F)(F)F)cc2c1O[C@H](C(F)(F)F)C(C(=O)OC(C)OC(=O)OC(CO[N+](=O)[O-])CO[N+](=O)[O-])=C2. The van der Waals surface area contributed by atoms with Crippen LogP contribution in [0.15, 0.2) is 17.7 Å². The first-order valence-corrected chi connectivity index (χ1v) is 10.9. The molecular formula is C20H18F6N2O13. The number of hydrogen-bond donors (Lipinski definition) is 0. The zero-order valence-corrected chi connectivity index (χ0v) is 20.6. The molecule has 21 heteroatoms. The molecule has 0 spiro atoms. The Labute approximate surface area is 223 Å². The van der Waals surface area contributed by atoms with E-state index >= 15 is 0 Å². The molecular weight excluding hydrogens is 590 g/mol. The predicted octanol–water partition coefficient (Wildman–Crippen LogP) is 3.68. The van der Waals surface area contributed by atoms with Gasteiger partial charge in [0, 0.05) is 12.5 Å². The molecule has 0 saturated carbocycles. The molecule has 0 radical (unpaired) electrons. The van der Waals surface area contributed by atoms with E-state index in [1.807, 2.05) is 0 Å².